The van der Waals surface area contributed by atoms with Crippen LogP contribution >= 0.6 is 0 Å². The van der Waals surface area contributed by atoms with Crippen molar-refractivity contribution < 1.29 is 14.4 Å². The van der Waals surface area contributed by atoms with Crippen LogP contribution in [0.15, 0.2) is 42.5 Å². The molecule has 4 rings (SSSR count). The van der Waals surface area contributed by atoms with E-state index in [1.165, 1.54) is 4.90 Å². The zero-order valence-corrected chi connectivity index (χ0v) is 14.5. The minimum Gasteiger partial charge on any atom is -0.354 e. The van der Waals surface area contributed by atoms with Gasteiger partial charge in [-0.15, -0.1) is 0 Å². The first-order valence-corrected chi connectivity index (χ1v) is 9.17. The third kappa shape index (κ3) is 2.84. The molecule has 1 aliphatic heterocycles. The summed E-state index contributed by atoms with van der Waals surface area (Å²) < 4.78 is 0. The topological polar surface area (TPSA) is 92.5 Å². The molecule has 1 aromatic rings. The van der Waals surface area contributed by atoms with Crippen molar-refractivity contribution in [2.75, 3.05) is 13.1 Å². The van der Waals surface area contributed by atoms with Gasteiger partial charge in [-0.25, -0.2) is 0 Å². The number of fused-ring (bicyclic) bond motifs is 5. The number of amides is 3. The number of hydrogen-bond donors (Lipinski definition) is 2. The molecular weight excluding hydrogens is 330 g/mol. The maximum absolute atomic E-state index is 12.6. The Bertz CT molecular complexity index is 731. The smallest absolute Gasteiger partial charge is 0.233 e. The molecule has 2 bridgehead atoms. The summed E-state index contributed by atoms with van der Waals surface area (Å²) in [6.45, 7) is 0.496. The molecule has 6 heteroatoms. The third-order valence-corrected chi connectivity index (χ3v) is 5.85. The Morgan fingerprint density at radius 2 is 1.73 bits per heavy atom. The molecule has 5 unspecified atom stereocenters. The molecule has 3 N–H and O–H groups in total. The van der Waals surface area contributed by atoms with E-state index in [-0.39, 0.29) is 66.9 Å². The fourth-order valence-corrected chi connectivity index (χ4v) is 4.58. The Morgan fingerprint density at radius 3 is 2.35 bits per heavy atom. The van der Waals surface area contributed by atoms with Crippen molar-refractivity contribution in [2.45, 2.75) is 18.9 Å². The molecule has 1 saturated carbocycles. The highest BCUT2D eigenvalue weighted by molar-refractivity contribution is 6.06. The van der Waals surface area contributed by atoms with Gasteiger partial charge in [-0.05, 0) is 23.8 Å². The van der Waals surface area contributed by atoms with Gasteiger partial charge in [-0.1, -0.05) is 42.5 Å². The quantitative estimate of drug-likeness (QED) is 0.589. The summed E-state index contributed by atoms with van der Waals surface area (Å²) in [5.41, 5.74) is 6.95. The number of nitrogens with one attached hydrogen (secondary N) is 1. The van der Waals surface area contributed by atoms with Gasteiger partial charge in [0.05, 0.1) is 11.8 Å². The molecule has 0 spiro atoms. The zero-order valence-electron chi connectivity index (χ0n) is 14.5. The van der Waals surface area contributed by atoms with E-state index < -0.39 is 0 Å². The third-order valence-electron chi connectivity index (χ3n) is 5.85. The highest BCUT2D eigenvalue weighted by atomic mass is 16.2. The van der Waals surface area contributed by atoms with Crippen molar-refractivity contribution in [1.82, 2.24) is 10.2 Å². The zero-order chi connectivity index (χ0) is 18.3. The molecule has 5 atom stereocenters. The summed E-state index contributed by atoms with van der Waals surface area (Å²) in [4.78, 5) is 38.5. The number of carbonyl (C=O) groups excluding carboxylic acids is 3. The summed E-state index contributed by atoms with van der Waals surface area (Å²) in [5.74, 6) is -0.268. The van der Waals surface area contributed by atoms with Crippen LogP contribution < -0.4 is 11.1 Å². The molecule has 3 aliphatic rings. The van der Waals surface area contributed by atoms with E-state index in [9.17, 15) is 14.4 Å². The van der Waals surface area contributed by atoms with Gasteiger partial charge in [0, 0.05) is 25.6 Å². The van der Waals surface area contributed by atoms with Crippen LogP contribution in [0.25, 0.3) is 0 Å². The number of benzene rings is 1. The maximum Gasteiger partial charge on any atom is 0.233 e. The lowest BCUT2D eigenvalue weighted by Crippen LogP contribution is -2.40. The summed E-state index contributed by atoms with van der Waals surface area (Å²) in [5, 5.41) is 2.77. The van der Waals surface area contributed by atoms with Crippen LogP contribution in [0.1, 0.15) is 24.4 Å². The number of imide groups is 1. The Hall–Kier alpha value is -2.47. The number of rotatable bonds is 6. The first kappa shape index (κ1) is 17.0. The van der Waals surface area contributed by atoms with Gasteiger partial charge in [-0.3, -0.25) is 19.3 Å². The van der Waals surface area contributed by atoms with E-state index in [4.69, 9.17) is 5.73 Å². The lowest BCUT2D eigenvalue weighted by molar-refractivity contribution is -0.141. The highest BCUT2D eigenvalue weighted by Gasteiger charge is 2.58. The molecule has 6 nitrogen and oxygen atoms in total. The van der Waals surface area contributed by atoms with Gasteiger partial charge in [0.1, 0.15) is 0 Å². The standard InChI is InChI=1S/C20H23N3O3/c21-15(12-4-2-1-3-5-12)11-16(24)22-8-9-23-19(25)17-13-6-7-14(10-13)18(17)20(23)26/h1-7,13-15,17-18H,8-11,21H2,(H,22,24). The number of nitrogens with two attached hydrogens (primary N) is 1. The van der Waals surface area contributed by atoms with Crippen molar-refractivity contribution in [3.8, 4) is 0 Å². The average Bonchev–Trinajstić information content (AvgIpc) is 3.32. The van der Waals surface area contributed by atoms with E-state index in [0.29, 0.717) is 0 Å². The van der Waals surface area contributed by atoms with Crippen LogP contribution in [-0.4, -0.2) is 35.7 Å². The van der Waals surface area contributed by atoms with Crippen molar-refractivity contribution >= 4 is 17.7 Å². The molecule has 3 amide bonds. The van der Waals surface area contributed by atoms with Gasteiger partial charge >= 0.3 is 0 Å². The Morgan fingerprint density at radius 1 is 1.12 bits per heavy atom. The number of carbonyl (C=O) groups is 3. The molecule has 1 saturated heterocycles. The second-order valence-electron chi connectivity index (χ2n) is 7.40. The summed E-state index contributed by atoms with van der Waals surface area (Å²) in [7, 11) is 0. The molecule has 26 heavy (non-hydrogen) atoms. The van der Waals surface area contributed by atoms with E-state index >= 15 is 0 Å². The second-order valence-corrected chi connectivity index (χ2v) is 7.40. The fraction of sp³-hybridized carbons (Fsp3) is 0.450. The molecule has 136 valence electrons. The molecule has 2 aliphatic carbocycles. The fourth-order valence-electron chi connectivity index (χ4n) is 4.58. The van der Waals surface area contributed by atoms with E-state index in [1.54, 1.807) is 0 Å². The summed E-state index contributed by atoms with van der Waals surface area (Å²) in [6.07, 6.45) is 5.25. The molecule has 0 aromatic heterocycles. The number of likely N-dealkylation sites (tertiary alicyclic amines) is 1. The van der Waals surface area contributed by atoms with E-state index in [1.807, 2.05) is 30.3 Å². The van der Waals surface area contributed by atoms with Crippen LogP contribution in [-0.2, 0) is 14.4 Å². The monoisotopic (exact) mass is 353 g/mol. The van der Waals surface area contributed by atoms with Crippen LogP contribution in [0.3, 0.4) is 0 Å². The Balaban J connectivity index is 1.27. The van der Waals surface area contributed by atoms with Gasteiger partial charge in [0.15, 0.2) is 0 Å². The maximum atomic E-state index is 12.6. The van der Waals surface area contributed by atoms with Crippen LogP contribution in [0.5, 0.6) is 0 Å². The largest absolute Gasteiger partial charge is 0.354 e. The number of allylic oxidation sites excluding steroid dienone is 2. The SMILES string of the molecule is NC(CC(=O)NCCN1C(=O)C2C3C=CC(C3)C2C1=O)c1ccccc1. The van der Waals surface area contributed by atoms with E-state index in [0.717, 1.165) is 12.0 Å². The molecular formula is C20H23N3O3. The molecule has 1 heterocycles. The van der Waals surface area contributed by atoms with Crippen LogP contribution in [0.4, 0.5) is 0 Å². The van der Waals surface area contributed by atoms with Crippen LogP contribution in [0.2, 0.25) is 0 Å². The van der Waals surface area contributed by atoms with Crippen molar-refractivity contribution in [2.24, 2.45) is 29.4 Å². The normalized spacial score (nSPS) is 30.0. The number of nitrogens with zero attached hydrogens (tertiary/aromatic N) is 1. The minimum absolute atomic E-state index is 0.0768. The number of hydrogen-bond acceptors (Lipinski definition) is 4. The summed E-state index contributed by atoms with van der Waals surface area (Å²) in [6, 6.07) is 9.08. The van der Waals surface area contributed by atoms with Gasteiger partial charge in [0.25, 0.3) is 0 Å². The predicted molar refractivity (Wildman–Crippen MR) is 95.4 cm³/mol. The van der Waals surface area contributed by atoms with Gasteiger partial charge in [0.2, 0.25) is 17.7 Å². The molecule has 2 fully saturated rings. The Labute approximate surface area is 152 Å². The predicted octanol–water partition coefficient (Wildman–Crippen LogP) is 1.000. The average molecular weight is 353 g/mol. The van der Waals surface area contributed by atoms with Crippen molar-refractivity contribution in [3.63, 3.8) is 0 Å². The first-order valence-electron chi connectivity index (χ1n) is 9.17. The first-order chi connectivity index (χ1) is 12.6. The highest BCUT2D eigenvalue weighted by Crippen LogP contribution is 2.52. The van der Waals surface area contributed by atoms with Crippen molar-refractivity contribution in [3.05, 3.63) is 48.0 Å². The lowest BCUT2D eigenvalue weighted by Gasteiger charge is -2.18. The molecule has 1 aromatic carbocycles. The minimum atomic E-state index is -0.368. The van der Waals surface area contributed by atoms with Gasteiger partial charge < -0.3 is 11.1 Å². The van der Waals surface area contributed by atoms with Gasteiger partial charge in [-0.2, -0.15) is 0 Å². The lowest BCUT2D eigenvalue weighted by atomic mass is 9.85. The van der Waals surface area contributed by atoms with Crippen LogP contribution in [0, 0.1) is 23.7 Å². The Kier molecular flexibility index (Phi) is 4.36. The van der Waals surface area contributed by atoms with E-state index in [2.05, 4.69) is 17.5 Å². The van der Waals surface area contributed by atoms with Crippen molar-refractivity contribution in [1.29, 1.82) is 0 Å². The second kappa shape index (κ2) is 6.68. The summed E-state index contributed by atoms with van der Waals surface area (Å²) >= 11 is 0. The molecule has 0 radical (unpaired) electrons.